The standard InChI is InChI=1S/C27H22FN3O2S/c28-24-8-4-5-9-25(24)30-17-31-26(32)14-22(23(15-29)27(31)34-18-30)20-10-12-21(13-11-20)33-16-19-6-2-1-3-7-19/h1-13,22H,14,16-18H2/t22-/m0/s1. The summed E-state index contributed by atoms with van der Waals surface area (Å²) in [5, 5.41) is 10.6. The summed E-state index contributed by atoms with van der Waals surface area (Å²) in [4.78, 5) is 16.5. The fraction of sp³-hybridized carbons (Fsp3) is 0.185. The molecule has 0 aromatic heterocycles. The maximum absolute atomic E-state index is 14.3. The molecule has 7 heteroatoms. The summed E-state index contributed by atoms with van der Waals surface area (Å²) in [5.41, 5.74) is 3.02. The van der Waals surface area contributed by atoms with E-state index in [1.165, 1.54) is 17.8 Å². The number of benzene rings is 3. The minimum absolute atomic E-state index is 0.0723. The number of carbonyl (C=O) groups is 1. The number of rotatable bonds is 5. The number of nitriles is 1. The predicted octanol–water partition coefficient (Wildman–Crippen LogP) is 5.62. The summed E-state index contributed by atoms with van der Waals surface area (Å²) < 4.78 is 20.1. The Kier molecular flexibility index (Phi) is 6.24. The average molecular weight is 472 g/mol. The Labute approximate surface area is 202 Å². The third-order valence-corrected chi connectivity index (χ3v) is 7.17. The van der Waals surface area contributed by atoms with Gasteiger partial charge in [0.2, 0.25) is 5.91 Å². The second-order valence-electron chi connectivity index (χ2n) is 8.16. The van der Waals surface area contributed by atoms with Crippen molar-refractivity contribution in [3.8, 4) is 11.8 Å². The third-order valence-electron chi connectivity index (χ3n) is 6.02. The van der Waals surface area contributed by atoms with Crippen LogP contribution in [0.25, 0.3) is 0 Å². The molecule has 1 atom stereocenters. The van der Waals surface area contributed by atoms with Gasteiger partial charge in [-0.1, -0.05) is 66.4 Å². The lowest BCUT2D eigenvalue weighted by Gasteiger charge is -2.42. The maximum atomic E-state index is 14.3. The van der Waals surface area contributed by atoms with Crippen LogP contribution in [0.15, 0.2) is 89.5 Å². The molecule has 2 aliphatic heterocycles. The number of thioether (sulfide) groups is 1. The van der Waals surface area contributed by atoms with Crippen LogP contribution in [0.5, 0.6) is 5.75 Å². The number of carbonyl (C=O) groups excluding carboxylic acids is 1. The minimum Gasteiger partial charge on any atom is -0.489 e. The molecule has 2 aliphatic rings. The van der Waals surface area contributed by atoms with Crippen LogP contribution >= 0.6 is 11.8 Å². The monoisotopic (exact) mass is 471 g/mol. The Bertz CT molecular complexity index is 1270. The van der Waals surface area contributed by atoms with Gasteiger partial charge in [0.05, 0.1) is 34.9 Å². The number of anilines is 1. The number of amides is 1. The largest absolute Gasteiger partial charge is 0.489 e. The first-order valence-electron chi connectivity index (χ1n) is 11.0. The molecule has 0 aliphatic carbocycles. The van der Waals surface area contributed by atoms with Crippen molar-refractivity contribution in [2.45, 2.75) is 18.9 Å². The predicted molar refractivity (Wildman–Crippen MR) is 130 cm³/mol. The fourth-order valence-electron chi connectivity index (χ4n) is 4.25. The topological polar surface area (TPSA) is 56.6 Å². The number of para-hydroxylation sites is 1. The van der Waals surface area contributed by atoms with Crippen LogP contribution in [0.4, 0.5) is 10.1 Å². The van der Waals surface area contributed by atoms with Crippen LogP contribution < -0.4 is 9.64 Å². The van der Waals surface area contributed by atoms with Gasteiger partial charge in [-0.25, -0.2) is 4.39 Å². The highest BCUT2D eigenvalue weighted by atomic mass is 32.2. The lowest BCUT2D eigenvalue weighted by molar-refractivity contribution is -0.129. The first-order valence-corrected chi connectivity index (χ1v) is 12.0. The van der Waals surface area contributed by atoms with E-state index in [-0.39, 0.29) is 30.7 Å². The molecule has 34 heavy (non-hydrogen) atoms. The third kappa shape index (κ3) is 4.37. The Morgan fingerprint density at radius 3 is 2.50 bits per heavy atom. The second-order valence-corrected chi connectivity index (χ2v) is 9.09. The molecule has 3 aromatic rings. The number of nitrogens with zero attached hydrogens (tertiary/aromatic N) is 3. The van der Waals surface area contributed by atoms with Crippen LogP contribution in [-0.4, -0.2) is 23.4 Å². The van der Waals surface area contributed by atoms with Gasteiger partial charge in [0.1, 0.15) is 18.2 Å². The van der Waals surface area contributed by atoms with Crippen molar-refractivity contribution in [2.75, 3.05) is 17.4 Å². The molecule has 5 nitrogen and oxygen atoms in total. The summed E-state index contributed by atoms with van der Waals surface area (Å²) >= 11 is 1.40. The zero-order chi connectivity index (χ0) is 23.5. The van der Waals surface area contributed by atoms with Crippen LogP contribution in [0.1, 0.15) is 23.5 Å². The number of ether oxygens (including phenoxy) is 1. The van der Waals surface area contributed by atoms with Gasteiger partial charge in [0, 0.05) is 12.3 Å². The first kappa shape index (κ1) is 22.1. The van der Waals surface area contributed by atoms with Crippen molar-refractivity contribution in [1.82, 2.24) is 4.90 Å². The summed E-state index contributed by atoms with van der Waals surface area (Å²) in [6, 6.07) is 26.4. The van der Waals surface area contributed by atoms with Gasteiger partial charge >= 0.3 is 0 Å². The molecule has 0 N–H and O–H groups in total. The molecule has 1 saturated heterocycles. The molecule has 2 heterocycles. The molecular formula is C27H22FN3O2S. The summed E-state index contributed by atoms with van der Waals surface area (Å²) in [6.45, 7) is 0.700. The molecule has 1 amide bonds. The Morgan fingerprint density at radius 1 is 1.03 bits per heavy atom. The lowest BCUT2D eigenvalue weighted by Crippen LogP contribution is -2.47. The smallest absolute Gasteiger partial charge is 0.229 e. The summed E-state index contributed by atoms with van der Waals surface area (Å²) in [5.74, 6) is 0.490. The molecule has 0 spiro atoms. The number of hydrogen-bond donors (Lipinski definition) is 0. The summed E-state index contributed by atoms with van der Waals surface area (Å²) in [6.07, 6.45) is 0.197. The van der Waals surface area contributed by atoms with Crippen molar-refractivity contribution in [1.29, 1.82) is 5.26 Å². The van der Waals surface area contributed by atoms with Crippen molar-refractivity contribution >= 4 is 23.4 Å². The fourth-order valence-corrected chi connectivity index (χ4v) is 5.40. The van der Waals surface area contributed by atoms with Gasteiger partial charge < -0.3 is 9.64 Å². The zero-order valence-corrected chi connectivity index (χ0v) is 19.2. The average Bonchev–Trinajstić information content (AvgIpc) is 2.88. The highest BCUT2D eigenvalue weighted by Crippen LogP contribution is 2.43. The van der Waals surface area contributed by atoms with Crippen molar-refractivity contribution in [2.24, 2.45) is 0 Å². The van der Waals surface area contributed by atoms with E-state index >= 15 is 0 Å². The maximum Gasteiger partial charge on any atom is 0.229 e. The van der Waals surface area contributed by atoms with Crippen molar-refractivity contribution in [3.63, 3.8) is 0 Å². The first-order chi connectivity index (χ1) is 16.6. The van der Waals surface area contributed by atoms with Gasteiger partial charge in [0.25, 0.3) is 0 Å². The quantitative estimate of drug-likeness (QED) is 0.483. The van der Waals surface area contributed by atoms with Crippen LogP contribution in [0.3, 0.4) is 0 Å². The molecular weight excluding hydrogens is 449 g/mol. The molecule has 3 aromatic carbocycles. The molecule has 0 saturated carbocycles. The molecule has 1 fully saturated rings. The van der Waals surface area contributed by atoms with Gasteiger partial charge in [-0.15, -0.1) is 0 Å². The van der Waals surface area contributed by atoms with E-state index in [4.69, 9.17) is 4.74 Å². The van der Waals surface area contributed by atoms with Gasteiger partial charge in [-0.05, 0) is 35.4 Å². The zero-order valence-electron chi connectivity index (χ0n) is 18.4. The van der Waals surface area contributed by atoms with E-state index in [1.807, 2.05) is 59.5 Å². The van der Waals surface area contributed by atoms with E-state index in [1.54, 1.807) is 23.1 Å². The van der Waals surface area contributed by atoms with E-state index in [2.05, 4.69) is 6.07 Å². The number of halogens is 1. The Hall–Kier alpha value is -3.76. The second kappa shape index (κ2) is 9.62. The van der Waals surface area contributed by atoms with E-state index in [0.717, 1.165) is 16.9 Å². The molecule has 0 unspecified atom stereocenters. The normalized spacial score (nSPS) is 17.9. The van der Waals surface area contributed by atoms with Crippen LogP contribution in [-0.2, 0) is 11.4 Å². The van der Waals surface area contributed by atoms with Crippen molar-refractivity contribution < 1.29 is 13.9 Å². The highest BCUT2D eigenvalue weighted by molar-refractivity contribution is 8.03. The highest BCUT2D eigenvalue weighted by Gasteiger charge is 2.38. The van der Waals surface area contributed by atoms with Gasteiger partial charge in [-0.2, -0.15) is 5.26 Å². The molecule has 5 rings (SSSR count). The van der Waals surface area contributed by atoms with E-state index in [0.29, 0.717) is 28.8 Å². The van der Waals surface area contributed by atoms with E-state index in [9.17, 15) is 14.4 Å². The SMILES string of the molecule is N#CC1=C2SCN(c3ccccc3F)CN2C(=O)C[C@H]1c1ccc(OCc2ccccc2)cc1. The lowest BCUT2D eigenvalue weighted by atomic mass is 9.86. The van der Waals surface area contributed by atoms with E-state index < -0.39 is 0 Å². The number of fused-ring (bicyclic) bond motifs is 1. The molecule has 170 valence electrons. The number of allylic oxidation sites excluding steroid dienone is 1. The van der Waals surface area contributed by atoms with Crippen LogP contribution in [0.2, 0.25) is 0 Å². The number of hydrogen-bond acceptors (Lipinski definition) is 5. The van der Waals surface area contributed by atoms with Crippen molar-refractivity contribution in [3.05, 3.63) is 106 Å². The van der Waals surface area contributed by atoms with Crippen LogP contribution in [0, 0.1) is 17.1 Å². The van der Waals surface area contributed by atoms with Gasteiger partial charge in [-0.3, -0.25) is 9.69 Å². The Balaban J connectivity index is 1.34. The minimum atomic E-state index is -0.326. The van der Waals surface area contributed by atoms with Gasteiger partial charge in [0.15, 0.2) is 0 Å². The molecule has 0 radical (unpaired) electrons. The molecule has 0 bridgehead atoms. The summed E-state index contributed by atoms with van der Waals surface area (Å²) in [7, 11) is 0. The Morgan fingerprint density at radius 2 is 1.76 bits per heavy atom.